The average Bonchev–Trinajstić information content (AvgIpc) is 2.89. The Kier molecular flexibility index (Phi) is 5.25. The minimum absolute atomic E-state index is 0.110. The number of hydrogen-bond donors (Lipinski definition) is 1. The molecule has 0 aliphatic heterocycles. The van der Waals surface area contributed by atoms with E-state index < -0.39 is 29.5 Å². The van der Waals surface area contributed by atoms with Crippen molar-refractivity contribution in [3.63, 3.8) is 0 Å². The number of benzene rings is 2. The molecule has 0 saturated heterocycles. The molecule has 0 saturated carbocycles. The van der Waals surface area contributed by atoms with Crippen LogP contribution in [0.1, 0.15) is 29.9 Å². The highest BCUT2D eigenvalue weighted by Gasteiger charge is 2.35. The zero-order chi connectivity index (χ0) is 20.8. The summed E-state index contributed by atoms with van der Waals surface area (Å²) in [6.45, 7) is 3.17. The molecule has 0 fully saturated rings. The van der Waals surface area contributed by atoms with Gasteiger partial charge in [0.2, 0.25) is 0 Å². The van der Waals surface area contributed by atoms with Gasteiger partial charge >= 0.3 is 12.1 Å². The Morgan fingerprint density at radius 2 is 1.82 bits per heavy atom. The lowest BCUT2D eigenvalue weighted by molar-refractivity contribution is -0.136. The summed E-state index contributed by atoms with van der Waals surface area (Å²) < 4.78 is 46.4. The standard InChI is InChI=1S/C19H14Cl2F3NO3/c1-9(2)28-18(26)17-8-13-14(19(22,23)24)5-10(6-16(13)25(17)27)12-4-3-11(20)7-15(12)21/h3-9,27H,1-2H3. The van der Waals surface area contributed by atoms with Crippen molar-refractivity contribution >= 4 is 40.1 Å². The van der Waals surface area contributed by atoms with Crippen LogP contribution in [0, 0.1) is 0 Å². The first-order chi connectivity index (χ1) is 13.0. The molecule has 0 spiro atoms. The van der Waals surface area contributed by atoms with Crippen molar-refractivity contribution in [1.29, 1.82) is 0 Å². The van der Waals surface area contributed by atoms with Crippen molar-refractivity contribution in [2.24, 2.45) is 0 Å². The normalized spacial score (nSPS) is 12.0. The summed E-state index contributed by atoms with van der Waals surface area (Å²) in [6, 6.07) is 7.55. The molecule has 0 amide bonds. The van der Waals surface area contributed by atoms with Gasteiger partial charge in [-0.15, -0.1) is 0 Å². The number of halogens is 5. The van der Waals surface area contributed by atoms with Gasteiger partial charge in [0.25, 0.3) is 0 Å². The zero-order valence-electron chi connectivity index (χ0n) is 14.6. The topological polar surface area (TPSA) is 51.5 Å². The summed E-state index contributed by atoms with van der Waals surface area (Å²) in [5.74, 6) is -0.937. The van der Waals surface area contributed by atoms with E-state index in [-0.39, 0.29) is 21.5 Å². The fourth-order valence-electron chi connectivity index (χ4n) is 2.83. The summed E-state index contributed by atoms with van der Waals surface area (Å²) >= 11 is 12.0. The van der Waals surface area contributed by atoms with E-state index in [1.165, 1.54) is 24.3 Å². The van der Waals surface area contributed by atoms with Crippen LogP contribution in [0.3, 0.4) is 0 Å². The van der Waals surface area contributed by atoms with E-state index in [4.69, 9.17) is 27.9 Å². The Morgan fingerprint density at radius 3 is 2.39 bits per heavy atom. The van der Waals surface area contributed by atoms with Crippen LogP contribution in [0.4, 0.5) is 13.2 Å². The molecule has 1 heterocycles. The summed E-state index contributed by atoms with van der Waals surface area (Å²) in [5, 5.41) is 10.5. The van der Waals surface area contributed by atoms with Gasteiger partial charge < -0.3 is 9.94 Å². The van der Waals surface area contributed by atoms with Crippen LogP contribution in [0.5, 0.6) is 0 Å². The van der Waals surface area contributed by atoms with E-state index in [1.807, 2.05) is 0 Å². The smallest absolute Gasteiger partial charge is 0.417 e. The molecule has 0 bridgehead atoms. The SMILES string of the molecule is CC(C)OC(=O)c1cc2c(C(F)(F)F)cc(-c3ccc(Cl)cc3Cl)cc2n1O. The Hall–Kier alpha value is -2.38. The molecule has 0 radical (unpaired) electrons. The maximum absolute atomic E-state index is 13.7. The first-order valence-electron chi connectivity index (χ1n) is 8.11. The van der Waals surface area contributed by atoms with E-state index in [1.54, 1.807) is 13.8 Å². The van der Waals surface area contributed by atoms with E-state index >= 15 is 0 Å². The zero-order valence-corrected chi connectivity index (χ0v) is 16.2. The second-order valence-electron chi connectivity index (χ2n) is 6.37. The van der Waals surface area contributed by atoms with Crippen LogP contribution >= 0.6 is 23.2 Å². The Morgan fingerprint density at radius 1 is 1.14 bits per heavy atom. The third-order valence-electron chi connectivity index (χ3n) is 4.00. The van der Waals surface area contributed by atoms with E-state index in [0.29, 0.717) is 15.3 Å². The van der Waals surface area contributed by atoms with Gasteiger partial charge in [-0.1, -0.05) is 29.3 Å². The first kappa shape index (κ1) is 20.4. The molecule has 0 aliphatic rings. The highest BCUT2D eigenvalue weighted by atomic mass is 35.5. The predicted octanol–water partition coefficient (Wildman–Crippen LogP) is 6.44. The number of carbonyl (C=O) groups excluding carboxylic acids is 1. The van der Waals surface area contributed by atoms with Gasteiger partial charge in [0, 0.05) is 21.0 Å². The van der Waals surface area contributed by atoms with Crippen LogP contribution < -0.4 is 0 Å². The Bertz CT molecular complexity index is 1070. The molecule has 3 rings (SSSR count). The minimum atomic E-state index is -4.73. The number of hydrogen-bond acceptors (Lipinski definition) is 3. The molecule has 148 valence electrons. The molecule has 3 aromatic rings. The number of aromatic nitrogens is 1. The molecule has 0 unspecified atom stereocenters. The number of esters is 1. The third kappa shape index (κ3) is 3.77. The largest absolute Gasteiger partial charge is 0.458 e. The van der Waals surface area contributed by atoms with Gasteiger partial charge in [-0.2, -0.15) is 17.9 Å². The Balaban J connectivity index is 2.29. The molecular weight excluding hydrogens is 418 g/mol. The van der Waals surface area contributed by atoms with Crippen LogP contribution in [0.2, 0.25) is 10.0 Å². The molecule has 1 N–H and O–H groups in total. The highest BCUT2D eigenvalue weighted by Crippen LogP contribution is 2.41. The number of alkyl halides is 3. The van der Waals surface area contributed by atoms with Crippen LogP contribution in [0.15, 0.2) is 36.4 Å². The van der Waals surface area contributed by atoms with Crippen molar-refractivity contribution in [2.45, 2.75) is 26.1 Å². The van der Waals surface area contributed by atoms with Crippen molar-refractivity contribution in [3.8, 4) is 11.1 Å². The summed E-state index contributed by atoms with van der Waals surface area (Å²) in [7, 11) is 0. The second-order valence-corrected chi connectivity index (χ2v) is 7.22. The lowest BCUT2D eigenvalue weighted by Gasteiger charge is -2.12. The lowest BCUT2D eigenvalue weighted by atomic mass is 9.99. The maximum Gasteiger partial charge on any atom is 0.417 e. The highest BCUT2D eigenvalue weighted by molar-refractivity contribution is 6.36. The number of fused-ring (bicyclic) bond motifs is 1. The van der Waals surface area contributed by atoms with Crippen molar-refractivity contribution < 1.29 is 27.9 Å². The first-order valence-corrected chi connectivity index (χ1v) is 8.87. The van der Waals surface area contributed by atoms with Gasteiger partial charge in [0.05, 0.1) is 17.2 Å². The summed E-state index contributed by atoms with van der Waals surface area (Å²) in [6.07, 6.45) is -5.23. The number of ether oxygens (including phenoxy) is 1. The average molecular weight is 432 g/mol. The van der Waals surface area contributed by atoms with Gasteiger partial charge in [0.15, 0.2) is 5.69 Å². The maximum atomic E-state index is 13.7. The molecule has 9 heteroatoms. The van der Waals surface area contributed by atoms with Gasteiger partial charge in [0.1, 0.15) is 0 Å². The van der Waals surface area contributed by atoms with Gasteiger partial charge in [-0.25, -0.2) is 4.79 Å². The fourth-order valence-corrected chi connectivity index (χ4v) is 3.34. The van der Waals surface area contributed by atoms with E-state index in [9.17, 15) is 23.2 Å². The van der Waals surface area contributed by atoms with Crippen LogP contribution in [-0.2, 0) is 10.9 Å². The molecule has 28 heavy (non-hydrogen) atoms. The van der Waals surface area contributed by atoms with E-state index in [0.717, 1.165) is 12.1 Å². The van der Waals surface area contributed by atoms with E-state index in [2.05, 4.69) is 0 Å². The lowest BCUT2D eigenvalue weighted by Crippen LogP contribution is -2.14. The molecular formula is C19H14Cl2F3NO3. The minimum Gasteiger partial charge on any atom is -0.458 e. The second kappa shape index (κ2) is 7.22. The summed E-state index contributed by atoms with van der Waals surface area (Å²) in [4.78, 5) is 12.1. The third-order valence-corrected chi connectivity index (χ3v) is 4.54. The molecule has 0 atom stereocenters. The quantitative estimate of drug-likeness (QED) is 0.383. The number of rotatable bonds is 3. The Labute approximate surface area is 168 Å². The van der Waals surface area contributed by atoms with Crippen molar-refractivity contribution in [1.82, 2.24) is 4.73 Å². The predicted molar refractivity (Wildman–Crippen MR) is 100 cm³/mol. The van der Waals surface area contributed by atoms with Crippen LogP contribution in [0.25, 0.3) is 22.0 Å². The number of nitrogens with zero attached hydrogens (tertiary/aromatic N) is 1. The number of carbonyl (C=O) groups is 1. The van der Waals surface area contributed by atoms with Crippen LogP contribution in [-0.4, -0.2) is 22.0 Å². The monoisotopic (exact) mass is 431 g/mol. The van der Waals surface area contributed by atoms with Gasteiger partial charge in [-0.05, 0) is 49.7 Å². The van der Waals surface area contributed by atoms with Crippen molar-refractivity contribution in [3.05, 3.63) is 57.7 Å². The molecule has 1 aromatic heterocycles. The molecule has 0 aliphatic carbocycles. The summed E-state index contributed by atoms with van der Waals surface area (Å²) in [5.41, 5.74) is -1.22. The molecule has 2 aromatic carbocycles. The fraction of sp³-hybridized carbons (Fsp3) is 0.211. The molecule has 4 nitrogen and oxygen atoms in total. The van der Waals surface area contributed by atoms with Gasteiger partial charge in [-0.3, -0.25) is 0 Å². The van der Waals surface area contributed by atoms with Crippen molar-refractivity contribution in [2.75, 3.05) is 0 Å².